The Balaban J connectivity index is 0.000000613. The van der Waals surface area contributed by atoms with Crippen LogP contribution in [0.1, 0.15) is 20.3 Å². The Morgan fingerprint density at radius 1 is 0.923 bits per heavy atom. The summed E-state index contributed by atoms with van der Waals surface area (Å²) in [6, 6.07) is 14.4. The zero-order valence-electron chi connectivity index (χ0n) is 15.6. The summed E-state index contributed by atoms with van der Waals surface area (Å²) in [4.78, 5) is 6.49. The SMILES string of the molecule is CCC.c1ccc(-c2[nH]nc(N3CCNCC3)c2-c2ccncc2)cc1. The molecule has 2 aromatic heterocycles. The van der Waals surface area contributed by atoms with Crippen molar-refractivity contribution in [2.75, 3.05) is 31.1 Å². The maximum Gasteiger partial charge on any atom is 0.159 e. The second-order valence-corrected chi connectivity index (χ2v) is 6.34. The number of aromatic nitrogens is 3. The van der Waals surface area contributed by atoms with E-state index in [-0.39, 0.29) is 0 Å². The van der Waals surface area contributed by atoms with Crippen molar-refractivity contribution in [1.82, 2.24) is 20.5 Å². The van der Waals surface area contributed by atoms with Gasteiger partial charge in [0.2, 0.25) is 0 Å². The number of hydrogen-bond acceptors (Lipinski definition) is 4. The molecule has 5 heteroatoms. The van der Waals surface area contributed by atoms with Crippen molar-refractivity contribution >= 4 is 5.82 Å². The van der Waals surface area contributed by atoms with E-state index in [1.54, 1.807) is 0 Å². The first-order valence-corrected chi connectivity index (χ1v) is 9.35. The lowest BCUT2D eigenvalue weighted by atomic mass is 10.0. The monoisotopic (exact) mass is 349 g/mol. The van der Waals surface area contributed by atoms with Crippen LogP contribution in [0.5, 0.6) is 0 Å². The molecule has 1 aliphatic rings. The lowest BCUT2D eigenvalue weighted by Gasteiger charge is -2.28. The number of piperazine rings is 1. The molecule has 0 saturated carbocycles. The van der Waals surface area contributed by atoms with E-state index in [0.717, 1.165) is 54.4 Å². The Bertz CT molecular complexity index is 777. The number of nitrogens with one attached hydrogen (secondary N) is 2. The van der Waals surface area contributed by atoms with Crippen LogP contribution in [0.25, 0.3) is 22.4 Å². The van der Waals surface area contributed by atoms with Gasteiger partial charge in [0, 0.05) is 44.1 Å². The molecule has 0 atom stereocenters. The van der Waals surface area contributed by atoms with Gasteiger partial charge in [-0.2, -0.15) is 5.10 Å². The normalized spacial score (nSPS) is 13.8. The molecule has 5 nitrogen and oxygen atoms in total. The van der Waals surface area contributed by atoms with E-state index in [2.05, 4.69) is 63.5 Å². The fraction of sp³-hybridized carbons (Fsp3) is 0.333. The highest BCUT2D eigenvalue weighted by Crippen LogP contribution is 2.37. The van der Waals surface area contributed by atoms with Crippen molar-refractivity contribution in [3.8, 4) is 22.4 Å². The van der Waals surface area contributed by atoms with E-state index in [0.29, 0.717) is 0 Å². The largest absolute Gasteiger partial charge is 0.352 e. The van der Waals surface area contributed by atoms with E-state index in [1.807, 2.05) is 30.6 Å². The fourth-order valence-electron chi connectivity index (χ4n) is 3.04. The van der Waals surface area contributed by atoms with Gasteiger partial charge in [-0.15, -0.1) is 0 Å². The molecule has 0 aliphatic carbocycles. The summed E-state index contributed by atoms with van der Waals surface area (Å²) in [5.41, 5.74) is 4.50. The molecule has 0 amide bonds. The van der Waals surface area contributed by atoms with Crippen molar-refractivity contribution in [3.63, 3.8) is 0 Å². The van der Waals surface area contributed by atoms with E-state index in [4.69, 9.17) is 0 Å². The van der Waals surface area contributed by atoms with Crippen LogP contribution in [-0.2, 0) is 0 Å². The summed E-state index contributed by atoms with van der Waals surface area (Å²) >= 11 is 0. The number of anilines is 1. The van der Waals surface area contributed by atoms with Crippen LogP contribution in [-0.4, -0.2) is 41.4 Å². The highest BCUT2D eigenvalue weighted by atomic mass is 15.3. The lowest BCUT2D eigenvalue weighted by Crippen LogP contribution is -2.43. The van der Waals surface area contributed by atoms with Crippen LogP contribution in [0.4, 0.5) is 5.82 Å². The average molecular weight is 349 g/mol. The standard InChI is InChI=1S/C18H19N5.C3H8/c1-2-4-15(5-3-1)17-16(14-6-8-19-9-7-14)18(22-21-17)23-12-10-20-11-13-23;1-3-2/h1-9,20H,10-13H2,(H,21,22);3H2,1-2H3. The van der Waals surface area contributed by atoms with Gasteiger partial charge >= 0.3 is 0 Å². The molecule has 26 heavy (non-hydrogen) atoms. The Morgan fingerprint density at radius 2 is 1.58 bits per heavy atom. The number of rotatable bonds is 3. The van der Waals surface area contributed by atoms with Gasteiger partial charge in [0.25, 0.3) is 0 Å². The molecule has 0 radical (unpaired) electrons. The Kier molecular flexibility index (Phi) is 6.39. The average Bonchev–Trinajstić information content (AvgIpc) is 3.16. The highest BCUT2D eigenvalue weighted by Gasteiger charge is 2.22. The molecule has 1 aliphatic heterocycles. The molecule has 1 aromatic carbocycles. The van der Waals surface area contributed by atoms with E-state index in [9.17, 15) is 0 Å². The first kappa shape index (κ1) is 18.1. The van der Waals surface area contributed by atoms with Crippen molar-refractivity contribution in [2.24, 2.45) is 0 Å². The third-order valence-electron chi connectivity index (χ3n) is 4.20. The predicted octanol–water partition coefficient (Wildman–Crippen LogP) is 3.96. The van der Waals surface area contributed by atoms with E-state index < -0.39 is 0 Å². The van der Waals surface area contributed by atoms with E-state index in [1.165, 1.54) is 6.42 Å². The molecule has 3 aromatic rings. The van der Waals surface area contributed by atoms with Crippen molar-refractivity contribution < 1.29 is 0 Å². The van der Waals surface area contributed by atoms with Gasteiger partial charge in [-0.3, -0.25) is 10.1 Å². The molecular formula is C21H27N5. The topological polar surface area (TPSA) is 56.8 Å². The minimum Gasteiger partial charge on any atom is -0.352 e. The van der Waals surface area contributed by atoms with Crippen molar-refractivity contribution in [1.29, 1.82) is 0 Å². The molecule has 136 valence electrons. The zero-order chi connectivity index (χ0) is 18.2. The minimum atomic E-state index is 0.969. The van der Waals surface area contributed by atoms with Gasteiger partial charge < -0.3 is 10.2 Å². The first-order valence-electron chi connectivity index (χ1n) is 9.35. The molecule has 1 saturated heterocycles. The van der Waals surface area contributed by atoms with Crippen LogP contribution in [0.3, 0.4) is 0 Å². The van der Waals surface area contributed by atoms with Crippen LogP contribution in [0.15, 0.2) is 54.9 Å². The number of pyridine rings is 1. The van der Waals surface area contributed by atoms with Crippen LogP contribution in [0, 0.1) is 0 Å². The van der Waals surface area contributed by atoms with Gasteiger partial charge in [-0.05, 0) is 17.7 Å². The lowest BCUT2D eigenvalue weighted by molar-refractivity contribution is 0.585. The van der Waals surface area contributed by atoms with Gasteiger partial charge in [0.05, 0.1) is 11.3 Å². The molecule has 0 bridgehead atoms. The molecular weight excluding hydrogens is 322 g/mol. The number of nitrogens with zero attached hydrogens (tertiary/aromatic N) is 3. The summed E-state index contributed by atoms with van der Waals surface area (Å²) < 4.78 is 0. The Hall–Kier alpha value is -2.66. The summed E-state index contributed by atoms with van der Waals surface area (Å²) in [6.07, 6.45) is 4.91. The van der Waals surface area contributed by atoms with Crippen LogP contribution >= 0.6 is 0 Å². The van der Waals surface area contributed by atoms with Crippen LogP contribution in [0.2, 0.25) is 0 Å². The zero-order valence-corrected chi connectivity index (χ0v) is 15.6. The number of aromatic amines is 1. The van der Waals surface area contributed by atoms with Crippen molar-refractivity contribution in [3.05, 3.63) is 54.9 Å². The smallest absolute Gasteiger partial charge is 0.159 e. The summed E-state index contributed by atoms with van der Waals surface area (Å²) in [5.74, 6) is 1.02. The van der Waals surface area contributed by atoms with Crippen LogP contribution < -0.4 is 10.2 Å². The third-order valence-corrected chi connectivity index (χ3v) is 4.20. The second kappa shape index (κ2) is 9.15. The minimum absolute atomic E-state index is 0.969. The van der Waals surface area contributed by atoms with Gasteiger partial charge in [0.1, 0.15) is 0 Å². The summed E-state index contributed by atoms with van der Waals surface area (Å²) in [6.45, 7) is 8.17. The molecule has 2 N–H and O–H groups in total. The number of hydrogen-bond donors (Lipinski definition) is 2. The number of benzene rings is 1. The summed E-state index contributed by atoms with van der Waals surface area (Å²) in [7, 11) is 0. The third kappa shape index (κ3) is 4.11. The molecule has 3 heterocycles. The van der Waals surface area contributed by atoms with Gasteiger partial charge in [-0.1, -0.05) is 50.6 Å². The highest BCUT2D eigenvalue weighted by molar-refractivity contribution is 5.88. The molecule has 4 rings (SSSR count). The molecule has 1 fully saturated rings. The molecule has 0 spiro atoms. The predicted molar refractivity (Wildman–Crippen MR) is 108 cm³/mol. The quantitative estimate of drug-likeness (QED) is 0.751. The number of H-pyrrole nitrogens is 1. The van der Waals surface area contributed by atoms with Gasteiger partial charge in [-0.25, -0.2) is 0 Å². The second-order valence-electron chi connectivity index (χ2n) is 6.34. The Morgan fingerprint density at radius 3 is 2.23 bits per heavy atom. The van der Waals surface area contributed by atoms with Gasteiger partial charge in [0.15, 0.2) is 5.82 Å². The van der Waals surface area contributed by atoms with E-state index >= 15 is 0 Å². The fourth-order valence-corrected chi connectivity index (χ4v) is 3.04. The summed E-state index contributed by atoms with van der Waals surface area (Å²) in [5, 5.41) is 11.3. The first-order chi connectivity index (χ1) is 12.8. The maximum atomic E-state index is 4.65. The maximum absolute atomic E-state index is 4.65. The molecule has 0 unspecified atom stereocenters. The Labute approximate surface area is 155 Å². The van der Waals surface area contributed by atoms with Crippen molar-refractivity contribution in [2.45, 2.75) is 20.3 Å².